The molecular weight excluding hydrogens is 326 g/mol. The SMILES string of the molecule is C[C@H]1CCCC[C@H]1NC(=O)c1ccc2c(c1)C(=O)c1ccccc1C2=O. The summed E-state index contributed by atoms with van der Waals surface area (Å²) in [4.78, 5) is 38.1. The second-order valence-electron chi connectivity index (χ2n) is 7.31. The van der Waals surface area contributed by atoms with Gasteiger partial charge in [0.2, 0.25) is 0 Å². The van der Waals surface area contributed by atoms with Crippen molar-refractivity contribution in [1.82, 2.24) is 5.32 Å². The number of rotatable bonds is 2. The number of benzene rings is 2. The molecule has 132 valence electrons. The zero-order valence-corrected chi connectivity index (χ0v) is 14.7. The molecule has 1 fully saturated rings. The van der Waals surface area contributed by atoms with Gasteiger partial charge in [-0.2, -0.15) is 0 Å². The summed E-state index contributed by atoms with van der Waals surface area (Å²) < 4.78 is 0. The topological polar surface area (TPSA) is 63.2 Å². The monoisotopic (exact) mass is 347 g/mol. The van der Waals surface area contributed by atoms with Crippen LogP contribution in [0.1, 0.15) is 74.8 Å². The highest BCUT2D eigenvalue weighted by Gasteiger charge is 2.30. The van der Waals surface area contributed by atoms with Crippen LogP contribution in [-0.2, 0) is 0 Å². The molecular formula is C22H21NO3. The molecule has 2 aliphatic carbocycles. The molecule has 4 rings (SSSR count). The zero-order chi connectivity index (χ0) is 18.3. The quantitative estimate of drug-likeness (QED) is 0.767. The van der Waals surface area contributed by atoms with E-state index in [1.165, 1.54) is 6.42 Å². The van der Waals surface area contributed by atoms with Crippen LogP contribution in [0, 0.1) is 5.92 Å². The number of hydrogen-bond acceptors (Lipinski definition) is 3. The van der Waals surface area contributed by atoms with E-state index in [1.54, 1.807) is 42.5 Å². The van der Waals surface area contributed by atoms with Gasteiger partial charge in [0.25, 0.3) is 5.91 Å². The Morgan fingerprint density at radius 2 is 1.50 bits per heavy atom. The highest BCUT2D eigenvalue weighted by atomic mass is 16.2. The van der Waals surface area contributed by atoms with Gasteiger partial charge in [0, 0.05) is 33.9 Å². The number of ketones is 2. The lowest BCUT2D eigenvalue weighted by Gasteiger charge is -2.29. The Labute approximate surface area is 152 Å². The molecule has 0 saturated heterocycles. The first kappa shape index (κ1) is 16.7. The Bertz CT molecular complexity index is 915. The Morgan fingerprint density at radius 1 is 0.885 bits per heavy atom. The predicted molar refractivity (Wildman–Crippen MR) is 98.6 cm³/mol. The molecule has 1 saturated carbocycles. The minimum Gasteiger partial charge on any atom is -0.349 e. The molecule has 2 aromatic carbocycles. The molecule has 0 heterocycles. The van der Waals surface area contributed by atoms with Crippen molar-refractivity contribution in [3.05, 3.63) is 70.3 Å². The Hall–Kier alpha value is -2.75. The molecule has 0 radical (unpaired) electrons. The van der Waals surface area contributed by atoms with Crippen LogP contribution in [0.4, 0.5) is 0 Å². The van der Waals surface area contributed by atoms with Gasteiger partial charge in [0.05, 0.1) is 0 Å². The first-order chi connectivity index (χ1) is 12.6. The van der Waals surface area contributed by atoms with Crippen LogP contribution in [0.2, 0.25) is 0 Å². The first-order valence-electron chi connectivity index (χ1n) is 9.19. The van der Waals surface area contributed by atoms with Crippen molar-refractivity contribution < 1.29 is 14.4 Å². The van der Waals surface area contributed by atoms with Crippen LogP contribution in [0.15, 0.2) is 42.5 Å². The summed E-state index contributed by atoms with van der Waals surface area (Å²) in [7, 11) is 0. The molecule has 4 heteroatoms. The van der Waals surface area contributed by atoms with Crippen molar-refractivity contribution in [3.8, 4) is 0 Å². The van der Waals surface area contributed by atoms with Crippen molar-refractivity contribution in [3.63, 3.8) is 0 Å². The lowest BCUT2D eigenvalue weighted by atomic mass is 9.83. The average Bonchev–Trinajstić information content (AvgIpc) is 2.67. The molecule has 2 aliphatic rings. The normalized spacial score (nSPS) is 21.7. The van der Waals surface area contributed by atoms with Crippen LogP contribution < -0.4 is 5.32 Å². The highest BCUT2D eigenvalue weighted by Crippen LogP contribution is 2.28. The van der Waals surface area contributed by atoms with Crippen LogP contribution in [0.3, 0.4) is 0 Å². The van der Waals surface area contributed by atoms with E-state index >= 15 is 0 Å². The largest absolute Gasteiger partial charge is 0.349 e. The minimum absolute atomic E-state index is 0.164. The van der Waals surface area contributed by atoms with Crippen molar-refractivity contribution in [2.45, 2.75) is 38.6 Å². The zero-order valence-electron chi connectivity index (χ0n) is 14.7. The second-order valence-corrected chi connectivity index (χ2v) is 7.31. The fraction of sp³-hybridized carbons (Fsp3) is 0.318. The molecule has 0 spiro atoms. The second kappa shape index (κ2) is 6.52. The van der Waals surface area contributed by atoms with Gasteiger partial charge in [-0.1, -0.05) is 44.0 Å². The third-order valence-electron chi connectivity index (χ3n) is 5.62. The van der Waals surface area contributed by atoms with Crippen LogP contribution in [-0.4, -0.2) is 23.5 Å². The molecule has 2 aromatic rings. The van der Waals surface area contributed by atoms with Crippen molar-refractivity contribution in [2.24, 2.45) is 5.92 Å². The summed E-state index contributed by atoms with van der Waals surface area (Å²) in [6.07, 6.45) is 4.45. The maximum atomic E-state index is 12.8. The molecule has 0 aliphatic heterocycles. The van der Waals surface area contributed by atoms with Gasteiger partial charge < -0.3 is 5.32 Å². The van der Waals surface area contributed by atoms with E-state index in [4.69, 9.17) is 0 Å². The highest BCUT2D eigenvalue weighted by molar-refractivity contribution is 6.28. The molecule has 0 bridgehead atoms. The molecule has 4 nitrogen and oxygen atoms in total. The smallest absolute Gasteiger partial charge is 0.251 e. The van der Waals surface area contributed by atoms with E-state index in [-0.39, 0.29) is 23.5 Å². The Kier molecular flexibility index (Phi) is 4.19. The van der Waals surface area contributed by atoms with Gasteiger partial charge in [-0.3, -0.25) is 14.4 Å². The number of carbonyl (C=O) groups excluding carboxylic acids is 3. The number of amides is 1. The van der Waals surface area contributed by atoms with E-state index in [0.717, 1.165) is 19.3 Å². The summed E-state index contributed by atoms with van der Waals surface area (Å²) in [6, 6.07) is 11.8. The molecule has 1 N–H and O–H groups in total. The minimum atomic E-state index is -0.198. The number of carbonyl (C=O) groups is 3. The summed E-state index contributed by atoms with van der Waals surface area (Å²) in [5.41, 5.74) is 1.96. The molecule has 26 heavy (non-hydrogen) atoms. The van der Waals surface area contributed by atoms with Gasteiger partial charge in [-0.05, 0) is 37.0 Å². The summed E-state index contributed by atoms with van der Waals surface area (Å²) in [5.74, 6) is -0.0787. The summed E-state index contributed by atoms with van der Waals surface area (Å²) in [6.45, 7) is 2.16. The van der Waals surface area contributed by atoms with E-state index in [9.17, 15) is 14.4 Å². The van der Waals surface area contributed by atoms with Gasteiger partial charge in [-0.25, -0.2) is 0 Å². The van der Waals surface area contributed by atoms with E-state index < -0.39 is 0 Å². The van der Waals surface area contributed by atoms with Crippen LogP contribution in [0.25, 0.3) is 0 Å². The van der Waals surface area contributed by atoms with Gasteiger partial charge in [-0.15, -0.1) is 0 Å². The molecule has 0 aromatic heterocycles. The molecule has 0 unspecified atom stereocenters. The standard InChI is InChI=1S/C22H21NO3/c1-13-6-2-5-9-19(13)23-22(26)14-10-11-17-18(12-14)21(25)16-8-4-3-7-15(16)20(17)24/h3-4,7-8,10-13,19H,2,5-6,9H2,1H3,(H,23,26)/t13-,19+/m0/s1. The Balaban J connectivity index is 1.64. The fourth-order valence-corrected chi connectivity index (χ4v) is 4.02. The predicted octanol–water partition coefficient (Wildman–Crippen LogP) is 3.77. The van der Waals surface area contributed by atoms with E-state index in [2.05, 4.69) is 12.2 Å². The average molecular weight is 347 g/mol. The fourth-order valence-electron chi connectivity index (χ4n) is 4.02. The maximum absolute atomic E-state index is 12.8. The number of nitrogens with one attached hydrogen (secondary N) is 1. The van der Waals surface area contributed by atoms with Crippen molar-refractivity contribution >= 4 is 17.5 Å². The lowest BCUT2D eigenvalue weighted by Crippen LogP contribution is -2.41. The summed E-state index contributed by atoms with van der Waals surface area (Å²) >= 11 is 0. The lowest BCUT2D eigenvalue weighted by molar-refractivity contribution is 0.0909. The van der Waals surface area contributed by atoms with Crippen molar-refractivity contribution in [1.29, 1.82) is 0 Å². The maximum Gasteiger partial charge on any atom is 0.251 e. The van der Waals surface area contributed by atoms with Crippen LogP contribution >= 0.6 is 0 Å². The van der Waals surface area contributed by atoms with E-state index in [1.807, 2.05) is 0 Å². The van der Waals surface area contributed by atoms with Gasteiger partial charge >= 0.3 is 0 Å². The first-order valence-corrected chi connectivity index (χ1v) is 9.19. The summed E-state index contributed by atoms with van der Waals surface area (Å²) in [5, 5.41) is 3.10. The number of fused-ring (bicyclic) bond motifs is 2. The van der Waals surface area contributed by atoms with Gasteiger partial charge in [0.1, 0.15) is 0 Å². The van der Waals surface area contributed by atoms with Crippen LogP contribution in [0.5, 0.6) is 0 Å². The molecule has 1 amide bonds. The third kappa shape index (κ3) is 2.75. The van der Waals surface area contributed by atoms with Crippen molar-refractivity contribution in [2.75, 3.05) is 0 Å². The molecule has 2 atom stereocenters. The van der Waals surface area contributed by atoms with E-state index in [0.29, 0.717) is 33.7 Å². The third-order valence-corrected chi connectivity index (χ3v) is 5.62. The Morgan fingerprint density at radius 3 is 2.19 bits per heavy atom. The number of hydrogen-bond donors (Lipinski definition) is 1. The van der Waals surface area contributed by atoms with Gasteiger partial charge in [0.15, 0.2) is 11.6 Å².